The number of aromatic hydroxyl groups is 1. The SMILES string of the molecule is COc1cc2nc(CCn3c(=O)n4n(c3=O)[C@@H]3C[C@H]5C(=O)N(Nc6ncc(C(F)(F)F)cc6Cl)C(=O)[C@@]5(c5ccc(Cl)cc5)[C@@H](c5cc(C)c(O)c(C)c5)C3=CC4)c(=O)n(C)c2cc1OC. The number of carbonyl (C=O) groups excluding carboxylic acids is 2. The van der Waals surface area contributed by atoms with Crippen LogP contribution in [-0.2, 0) is 47.7 Å². The van der Waals surface area contributed by atoms with E-state index >= 15 is 9.59 Å². The Morgan fingerprint density at radius 3 is 2.24 bits per heavy atom. The molecule has 66 heavy (non-hydrogen) atoms. The largest absolute Gasteiger partial charge is 0.507 e. The molecule has 2 fully saturated rings. The van der Waals surface area contributed by atoms with Crippen LogP contribution >= 0.6 is 23.2 Å². The highest BCUT2D eigenvalue weighted by atomic mass is 35.5. The summed E-state index contributed by atoms with van der Waals surface area (Å²) in [7, 11) is 4.49. The number of anilines is 1. The number of methoxy groups -OCH3 is 2. The standard InChI is InChI=1S/C45H39Cl2F3N8O8/c1-21-14-23(15-22(2)37(21)59)36-27-10-13-56-42(63)55(12-11-30-40(61)54(3)33-19-35(66-5)34(65-4)18-31(33)52-30)43(64)58(56)32(27)17-28-39(60)57(41(62)44(28,36)24-6-8-26(46)9-7-24)53-38-29(47)16-25(20-51-38)45(48,49)50/h6-10,14-16,18-20,28,32,36,59H,11-13,17H2,1-5H3,(H,51,53)/t28-,32+,36-,44+/m0/s1. The Morgan fingerprint density at radius 2 is 1.61 bits per heavy atom. The van der Waals surface area contributed by atoms with Crippen molar-refractivity contribution in [3.63, 3.8) is 0 Å². The number of imide groups is 1. The van der Waals surface area contributed by atoms with E-state index in [-0.39, 0.29) is 37.4 Å². The molecule has 6 aromatic rings. The topological polar surface area (TPSA) is 185 Å². The number of halogens is 5. The number of phenolic OH excluding ortho intramolecular Hbond substituents is 1. The molecule has 3 aromatic heterocycles. The van der Waals surface area contributed by atoms with Gasteiger partial charge in [-0.3, -0.25) is 19.8 Å². The van der Waals surface area contributed by atoms with Gasteiger partial charge in [-0.1, -0.05) is 53.5 Å². The van der Waals surface area contributed by atoms with Gasteiger partial charge in [-0.2, -0.15) is 18.2 Å². The molecule has 2 amide bonds. The van der Waals surface area contributed by atoms with Gasteiger partial charge in [-0.15, -0.1) is 0 Å². The van der Waals surface area contributed by atoms with Crippen LogP contribution in [0.2, 0.25) is 10.0 Å². The van der Waals surface area contributed by atoms with Crippen LogP contribution in [0.15, 0.2) is 86.8 Å². The van der Waals surface area contributed by atoms with Gasteiger partial charge in [0.2, 0.25) is 0 Å². The third-order valence-corrected chi connectivity index (χ3v) is 13.5. The minimum atomic E-state index is -4.79. The summed E-state index contributed by atoms with van der Waals surface area (Å²) in [6.07, 6.45) is -2.85. The quantitative estimate of drug-likeness (QED) is 0.128. The number of pyridine rings is 1. The number of phenols is 1. The van der Waals surface area contributed by atoms with E-state index < -0.39 is 74.6 Å². The maximum Gasteiger partial charge on any atom is 0.417 e. The molecule has 1 aliphatic carbocycles. The normalized spacial score (nSPS) is 20.2. The summed E-state index contributed by atoms with van der Waals surface area (Å²) < 4.78 is 56.5. The Kier molecular flexibility index (Phi) is 10.7. The number of alkyl halides is 3. The first-order valence-corrected chi connectivity index (χ1v) is 21.2. The van der Waals surface area contributed by atoms with Crippen LogP contribution in [0.25, 0.3) is 11.0 Å². The molecule has 3 aliphatic rings. The highest BCUT2D eigenvalue weighted by Crippen LogP contribution is 2.62. The second-order valence-corrected chi connectivity index (χ2v) is 17.3. The lowest BCUT2D eigenvalue weighted by molar-refractivity contribution is -0.139. The smallest absolute Gasteiger partial charge is 0.417 e. The van der Waals surface area contributed by atoms with Gasteiger partial charge in [-0.25, -0.2) is 33.5 Å². The summed E-state index contributed by atoms with van der Waals surface area (Å²) in [4.78, 5) is 81.5. The molecular weight excluding hydrogens is 908 g/mol. The zero-order valence-electron chi connectivity index (χ0n) is 35.7. The molecule has 16 nitrogen and oxygen atoms in total. The number of carbonyl (C=O) groups is 2. The molecule has 1 saturated heterocycles. The number of nitrogens with one attached hydrogen (secondary N) is 1. The number of aryl methyl sites for hydroxylation is 4. The van der Waals surface area contributed by atoms with Crippen LogP contribution in [0, 0.1) is 19.8 Å². The minimum Gasteiger partial charge on any atom is -0.507 e. The molecule has 21 heteroatoms. The van der Waals surface area contributed by atoms with Crippen molar-refractivity contribution < 1.29 is 37.3 Å². The summed E-state index contributed by atoms with van der Waals surface area (Å²) in [5.74, 6) is -3.62. The number of ether oxygens (including phenoxy) is 2. The van der Waals surface area contributed by atoms with Crippen molar-refractivity contribution in [2.45, 2.75) is 63.3 Å². The second kappa shape index (κ2) is 15.9. The van der Waals surface area contributed by atoms with E-state index in [9.17, 15) is 32.7 Å². The number of hydrogen-bond donors (Lipinski definition) is 2. The fraction of sp³-hybridized carbons (Fsp3) is 0.311. The molecule has 2 aliphatic heterocycles. The first-order valence-electron chi connectivity index (χ1n) is 20.5. The molecular formula is C45H39Cl2F3N8O8. The third kappa shape index (κ3) is 6.68. The van der Waals surface area contributed by atoms with Crippen LogP contribution in [0.1, 0.15) is 51.9 Å². The molecule has 0 radical (unpaired) electrons. The van der Waals surface area contributed by atoms with Crippen molar-refractivity contribution >= 4 is 51.9 Å². The van der Waals surface area contributed by atoms with E-state index in [0.717, 1.165) is 4.57 Å². The Balaban J connectivity index is 1.18. The highest BCUT2D eigenvalue weighted by Gasteiger charge is 2.69. The van der Waals surface area contributed by atoms with E-state index in [0.29, 0.717) is 72.7 Å². The van der Waals surface area contributed by atoms with Gasteiger partial charge < -0.3 is 19.1 Å². The number of fused-ring (bicyclic) bond motifs is 5. The van der Waals surface area contributed by atoms with E-state index in [1.807, 2.05) is 0 Å². The van der Waals surface area contributed by atoms with E-state index in [1.165, 1.54) is 28.2 Å². The average Bonchev–Trinajstić information content (AvgIpc) is 3.65. The number of hydrogen-bond acceptors (Lipinski definition) is 11. The number of aromatic nitrogens is 6. The lowest BCUT2D eigenvalue weighted by atomic mass is 9.53. The van der Waals surface area contributed by atoms with Crippen LogP contribution < -0.4 is 31.8 Å². The summed E-state index contributed by atoms with van der Waals surface area (Å²) in [5, 5.41) is 11.4. The summed E-state index contributed by atoms with van der Waals surface area (Å²) in [5.41, 5.74) is 0.937. The lowest BCUT2D eigenvalue weighted by Gasteiger charge is -2.49. The molecule has 0 spiro atoms. The van der Waals surface area contributed by atoms with Crippen LogP contribution in [0.4, 0.5) is 19.0 Å². The van der Waals surface area contributed by atoms with Gasteiger partial charge in [0.1, 0.15) is 11.4 Å². The van der Waals surface area contributed by atoms with Crippen LogP contribution in [-0.4, -0.2) is 64.6 Å². The number of rotatable bonds is 9. The Labute approximate surface area is 382 Å². The predicted octanol–water partition coefficient (Wildman–Crippen LogP) is 5.98. The number of amides is 2. The van der Waals surface area contributed by atoms with Gasteiger partial charge >= 0.3 is 17.6 Å². The maximum atomic E-state index is 15.5. The highest BCUT2D eigenvalue weighted by molar-refractivity contribution is 6.33. The predicted molar refractivity (Wildman–Crippen MR) is 235 cm³/mol. The fourth-order valence-electron chi connectivity index (χ4n) is 9.90. The molecule has 1 saturated carbocycles. The first kappa shape index (κ1) is 44.3. The van der Waals surface area contributed by atoms with Crippen molar-refractivity contribution in [3.8, 4) is 17.2 Å². The molecule has 4 atom stereocenters. The van der Waals surface area contributed by atoms with Crippen LogP contribution in [0.5, 0.6) is 17.2 Å². The van der Waals surface area contributed by atoms with Crippen molar-refractivity contribution in [1.82, 2.24) is 33.5 Å². The molecule has 0 bridgehead atoms. The zero-order chi connectivity index (χ0) is 47.3. The Hall–Kier alpha value is -6.86. The van der Waals surface area contributed by atoms with Crippen molar-refractivity contribution in [3.05, 3.63) is 147 Å². The van der Waals surface area contributed by atoms with Crippen molar-refractivity contribution in [1.29, 1.82) is 0 Å². The number of hydrazine groups is 1. The van der Waals surface area contributed by atoms with E-state index in [1.54, 1.807) is 75.5 Å². The van der Waals surface area contributed by atoms with Gasteiger partial charge in [-0.05, 0) is 66.3 Å². The van der Waals surface area contributed by atoms with E-state index in [4.69, 9.17) is 32.7 Å². The number of allylic oxidation sites excluding steroid dienone is 2. The van der Waals surface area contributed by atoms with Crippen molar-refractivity contribution in [2.75, 3.05) is 19.6 Å². The van der Waals surface area contributed by atoms with Gasteiger partial charge in [0.15, 0.2) is 17.3 Å². The van der Waals surface area contributed by atoms with Crippen LogP contribution in [0.3, 0.4) is 0 Å². The molecule has 9 rings (SSSR count). The first-order chi connectivity index (χ1) is 31.3. The fourth-order valence-corrected chi connectivity index (χ4v) is 10.2. The summed E-state index contributed by atoms with van der Waals surface area (Å²) in [6.45, 7) is 2.97. The van der Waals surface area contributed by atoms with Crippen molar-refractivity contribution in [2.24, 2.45) is 13.0 Å². The van der Waals surface area contributed by atoms with Gasteiger partial charge in [0.25, 0.3) is 17.4 Å². The van der Waals surface area contributed by atoms with Gasteiger partial charge in [0, 0.05) is 49.3 Å². The minimum absolute atomic E-state index is 0.00213. The third-order valence-electron chi connectivity index (χ3n) is 13.0. The van der Waals surface area contributed by atoms with E-state index in [2.05, 4.69) is 15.4 Å². The second-order valence-electron chi connectivity index (χ2n) is 16.5. The molecule has 3 aromatic carbocycles. The summed E-state index contributed by atoms with van der Waals surface area (Å²) >= 11 is 12.7. The molecule has 342 valence electrons. The number of nitrogens with zero attached hydrogens (tertiary/aromatic N) is 7. The monoisotopic (exact) mass is 946 g/mol. The zero-order valence-corrected chi connectivity index (χ0v) is 37.2. The maximum absolute atomic E-state index is 15.5. The summed E-state index contributed by atoms with van der Waals surface area (Å²) in [6, 6.07) is 12.6. The molecule has 0 unspecified atom stereocenters. The Bertz CT molecular complexity index is 3250. The molecule has 2 N–H and O–H groups in total. The van der Waals surface area contributed by atoms with Gasteiger partial charge in [0.05, 0.1) is 59.8 Å². The average molecular weight is 948 g/mol. The lowest BCUT2D eigenvalue weighted by Crippen LogP contribution is -2.53. The Morgan fingerprint density at radius 1 is 0.939 bits per heavy atom. The number of benzene rings is 3. The molecule has 5 heterocycles.